The Morgan fingerprint density at radius 1 is 1.13 bits per heavy atom. The molecule has 2 aliphatic rings. The van der Waals surface area contributed by atoms with E-state index in [0.29, 0.717) is 30.1 Å². The lowest BCUT2D eigenvalue weighted by molar-refractivity contribution is 0.102. The van der Waals surface area contributed by atoms with Gasteiger partial charge in [-0.25, -0.2) is 27.5 Å². The van der Waals surface area contributed by atoms with Crippen LogP contribution in [-0.2, 0) is 10.0 Å². The molecule has 12 heteroatoms. The monoisotopic (exact) mass is 548 g/mol. The molecule has 0 bridgehead atoms. The largest absolute Gasteiger partial charge is 0.394 e. The number of hydrogen-bond donors (Lipinski definition) is 4. The van der Waals surface area contributed by atoms with Crippen LogP contribution in [0.5, 0.6) is 0 Å². The average molecular weight is 549 g/mol. The second kappa shape index (κ2) is 10.0. The Hall–Kier alpha value is -2.83. The number of nitrogens with zero attached hydrogens (tertiary/aromatic N) is 3. The minimum atomic E-state index is -4.17. The summed E-state index contributed by atoms with van der Waals surface area (Å²) in [4.78, 5) is 23.8. The van der Waals surface area contributed by atoms with E-state index in [2.05, 4.69) is 25.3 Å². The highest BCUT2D eigenvalue weighted by molar-refractivity contribution is 7.89. The number of nitrogens with one attached hydrogen (secondary N) is 3. The van der Waals surface area contributed by atoms with Crippen molar-refractivity contribution >= 4 is 33.3 Å². The van der Waals surface area contributed by atoms with Gasteiger partial charge in [-0.05, 0) is 77.8 Å². The second-order valence-electron chi connectivity index (χ2n) is 12.0. The molecule has 10 nitrogen and oxygen atoms in total. The van der Waals surface area contributed by atoms with E-state index in [-0.39, 0.29) is 18.0 Å². The zero-order chi connectivity index (χ0) is 27.9. The topological polar surface area (TPSA) is 137 Å². The van der Waals surface area contributed by atoms with Gasteiger partial charge in [-0.15, -0.1) is 0 Å². The van der Waals surface area contributed by atoms with Crippen molar-refractivity contribution < 1.29 is 22.7 Å². The first-order valence-corrected chi connectivity index (χ1v) is 14.3. The first kappa shape index (κ1) is 28.2. The number of sulfonamides is 1. The standard InChI is InChI=1S/C26H37FN6O4S/c1-24(2,3)32-38(36,37)18-8-6-7-17(20(18)27)29-23(35)21-22(33-13-11-26(9-10-26)12-14-33)30-19(15-28-21)31-25(4,5)16-34/h6-8,15,32,34H,9-14,16H2,1-5H3,(H,29,35)(H,30,31). The molecule has 1 spiro atoms. The highest BCUT2D eigenvalue weighted by Gasteiger charge is 2.45. The number of halogens is 1. The van der Waals surface area contributed by atoms with Gasteiger partial charge in [-0.3, -0.25) is 4.79 Å². The third-order valence-electron chi connectivity index (χ3n) is 6.85. The maximum atomic E-state index is 15.3. The van der Waals surface area contributed by atoms with E-state index < -0.39 is 37.7 Å². The molecule has 1 saturated carbocycles. The molecule has 2 aromatic rings. The number of amides is 1. The van der Waals surface area contributed by atoms with E-state index in [4.69, 9.17) is 0 Å². The van der Waals surface area contributed by atoms with Crippen LogP contribution in [0.15, 0.2) is 29.3 Å². The Balaban J connectivity index is 1.64. The highest BCUT2D eigenvalue weighted by atomic mass is 32.2. The summed E-state index contributed by atoms with van der Waals surface area (Å²) in [5.74, 6) is -1.02. The van der Waals surface area contributed by atoms with Crippen LogP contribution in [0.2, 0.25) is 0 Å². The third kappa shape index (κ3) is 6.41. The lowest BCUT2D eigenvalue weighted by Crippen LogP contribution is -2.40. The van der Waals surface area contributed by atoms with E-state index in [9.17, 15) is 18.3 Å². The minimum Gasteiger partial charge on any atom is -0.394 e. The molecule has 1 aromatic heterocycles. The van der Waals surface area contributed by atoms with Gasteiger partial charge in [-0.1, -0.05) is 6.07 Å². The number of piperidine rings is 1. The normalized spacial score (nSPS) is 17.4. The van der Waals surface area contributed by atoms with E-state index in [1.165, 1.54) is 31.2 Å². The van der Waals surface area contributed by atoms with Crippen LogP contribution in [0.3, 0.4) is 0 Å². The van der Waals surface area contributed by atoms with Crippen molar-refractivity contribution in [2.24, 2.45) is 5.41 Å². The highest BCUT2D eigenvalue weighted by Crippen LogP contribution is 2.54. The molecule has 1 aliphatic carbocycles. The van der Waals surface area contributed by atoms with Crippen molar-refractivity contribution in [2.75, 3.05) is 35.2 Å². The number of hydrogen-bond acceptors (Lipinski definition) is 8. The molecule has 2 fully saturated rings. The summed E-state index contributed by atoms with van der Waals surface area (Å²) < 4.78 is 43.3. The lowest BCUT2D eigenvalue weighted by atomic mass is 9.93. The van der Waals surface area contributed by atoms with Crippen LogP contribution in [-0.4, -0.2) is 60.2 Å². The van der Waals surface area contributed by atoms with Gasteiger partial charge in [0.25, 0.3) is 5.91 Å². The van der Waals surface area contributed by atoms with Crippen molar-refractivity contribution in [3.05, 3.63) is 35.9 Å². The first-order valence-electron chi connectivity index (χ1n) is 12.8. The molecule has 0 unspecified atom stereocenters. The third-order valence-corrected chi connectivity index (χ3v) is 8.63. The Kier molecular flexibility index (Phi) is 7.45. The number of anilines is 3. The van der Waals surface area contributed by atoms with E-state index in [1.54, 1.807) is 20.8 Å². The Morgan fingerprint density at radius 3 is 2.37 bits per heavy atom. The number of carbonyl (C=O) groups excluding carboxylic acids is 1. The Bertz CT molecular complexity index is 1310. The van der Waals surface area contributed by atoms with Gasteiger partial charge in [0.15, 0.2) is 17.3 Å². The summed E-state index contributed by atoms with van der Waals surface area (Å²) in [6, 6.07) is 3.81. The van der Waals surface area contributed by atoms with Crippen molar-refractivity contribution in [1.29, 1.82) is 0 Å². The molecule has 1 amide bonds. The molecule has 208 valence electrons. The maximum absolute atomic E-state index is 15.3. The van der Waals surface area contributed by atoms with E-state index in [0.717, 1.165) is 18.9 Å². The maximum Gasteiger partial charge on any atom is 0.278 e. The molecule has 1 aromatic carbocycles. The molecule has 0 atom stereocenters. The van der Waals surface area contributed by atoms with Crippen LogP contribution >= 0.6 is 0 Å². The molecule has 2 heterocycles. The number of aliphatic hydroxyl groups excluding tert-OH is 1. The lowest BCUT2D eigenvalue weighted by Gasteiger charge is -2.34. The summed E-state index contributed by atoms with van der Waals surface area (Å²) in [5.41, 5.74) is -1.35. The molecule has 0 radical (unpaired) electrons. The number of carbonyl (C=O) groups is 1. The van der Waals surface area contributed by atoms with Crippen molar-refractivity contribution in [3.63, 3.8) is 0 Å². The Labute approximate surface area is 223 Å². The van der Waals surface area contributed by atoms with Crippen LogP contribution in [0.4, 0.5) is 21.7 Å². The summed E-state index contributed by atoms with van der Waals surface area (Å²) >= 11 is 0. The van der Waals surface area contributed by atoms with Crippen LogP contribution in [0, 0.1) is 11.2 Å². The van der Waals surface area contributed by atoms with E-state index in [1.807, 2.05) is 18.7 Å². The number of aromatic nitrogens is 2. The molecule has 1 aliphatic heterocycles. The van der Waals surface area contributed by atoms with E-state index >= 15 is 4.39 Å². The minimum absolute atomic E-state index is 0.00424. The summed E-state index contributed by atoms with van der Waals surface area (Å²) in [5, 5.41) is 15.3. The number of aliphatic hydroxyl groups is 1. The zero-order valence-corrected chi connectivity index (χ0v) is 23.4. The number of benzene rings is 1. The van der Waals surface area contributed by atoms with Gasteiger partial charge in [0.05, 0.1) is 24.0 Å². The smallest absolute Gasteiger partial charge is 0.278 e. The zero-order valence-electron chi connectivity index (χ0n) is 22.6. The molecule has 4 rings (SSSR count). The number of rotatable bonds is 8. The predicted molar refractivity (Wildman–Crippen MR) is 144 cm³/mol. The average Bonchev–Trinajstić information content (AvgIpc) is 3.57. The predicted octanol–water partition coefficient (Wildman–Crippen LogP) is 3.51. The molecule has 38 heavy (non-hydrogen) atoms. The van der Waals surface area contributed by atoms with Gasteiger partial charge < -0.3 is 20.6 Å². The summed E-state index contributed by atoms with van der Waals surface area (Å²) in [6.45, 7) is 9.86. The van der Waals surface area contributed by atoms with Crippen molar-refractivity contribution in [2.45, 2.75) is 76.3 Å². The molecular weight excluding hydrogens is 511 g/mol. The molecule has 4 N–H and O–H groups in total. The van der Waals surface area contributed by atoms with Crippen LogP contribution in [0.1, 0.15) is 70.8 Å². The fourth-order valence-electron chi connectivity index (χ4n) is 4.53. The quantitative estimate of drug-likeness (QED) is 0.394. The van der Waals surface area contributed by atoms with Crippen LogP contribution < -0.4 is 20.3 Å². The fraction of sp³-hybridized carbons (Fsp3) is 0.577. The SMILES string of the molecule is CC(C)(C)NS(=O)(=O)c1cccc(NC(=O)c2ncc(NC(C)(C)CO)nc2N2CCC3(CC2)CC3)c1F. The van der Waals surface area contributed by atoms with Gasteiger partial charge in [0.2, 0.25) is 10.0 Å². The molecule has 1 saturated heterocycles. The molecular formula is C26H37FN6O4S. The second-order valence-corrected chi connectivity index (χ2v) is 13.7. The van der Waals surface area contributed by atoms with Gasteiger partial charge >= 0.3 is 0 Å². The Morgan fingerprint density at radius 2 is 1.79 bits per heavy atom. The van der Waals surface area contributed by atoms with Crippen molar-refractivity contribution in [3.8, 4) is 0 Å². The van der Waals surface area contributed by atoms with Crippen LogP contribution in [0.25, 0.3) is 0 Å². The fourth-order valence-corrected chi connectivity index (χ4v) is 6.05. The van der Waals surface area contributed by atoms with Gasteiger partial charge in [0, 0.05) is 18.6 Å². The van der Waals surface area contributed by atoms with Gasteiger partial charge in [-0.2, -0.15) is 0 Å². The summed E-state index contributed by atoms with van der Waals surface area (Å²) in [7, 11) is -4.17. The van der Waals surface area contributed by atoms with Crippen molar-refractivity contribution in [1.82, 2.24) is 14.7 Å². The van der Waals surface area contributed by atoms with Gasteiger partial charge in [0.1, 0.15) is 10.7 Å². The first-order chi connectivity index (χ1) is 17.6. The summed E-state index contributed by atoms with van der Waals surface area (Å²) in [6.07, 6.45) is 5.81.